The minimum Gasteiger partial charge on any atom is -0.465 e. The fourth-order valence-corrected chi connectivity index (χ4v) is 2.69. The Morgan fingerprint density at radius 2 is 1.52 bits per heavy atom. The summed E-state index contributed by atoms with van der Waals surface area (Å²) in [7, 11) is 0. The summed E-state index contributed by atoms with van der Waals surface area (Å²) >= 11 is 0. The maximum absolute atomic E-state index is 12.4. The quantitative estimate of drug-likeness (QED) is 0.500. The Kier molecular flexibility index (Phi) is 8.35. The predicted octanol–water partition coefficient (Wildman–Crippen LogP) is 3.99. The van der Waals surface area contributed by atoms with Crippen molar-refractivity contribution in [1.29, 1.82) is 0 Å². The number of carbonyl (C=O) groups excluding carboxylic acids is 2. The molecule has 0 heterocycles. The van der Waals surface area contributed by atoms with Crippen LogP contribution in [-0.4, -0.2) is 25.2 Å². The first-order valence-corrected chi connectivity index (χ1v) is 8.82. The van der Waals surface area contributed by atoms with Crippen molar-refractivity contribution in [2.75, 3.05) is 13.2 Å². The third-order valence-electron chi connectivity index (χ3n) is 4.28. The van der Waals surface area contributed by atoms with Gasteiger partial charge in [0.2, 0.25) is 0 Å². The molecule has 0 fully saturated rings. The van der Waals surface area contributed by atoms with Crippen LogP contribution in [-0.2, 0) is 19.1 Å². The fourth-order valence-electron chi connectivity index (χ4n) is 2.69. The van der Waals surface area contributed by atoms with Gasteiger partial charge < -0.3 is 9.47 Å². The van der Waals surface area contributed by atoms with Crippen LogP contribution in [0.2, 0.25) is 0 Å². The van der Waals surface area contributed by atoms with Crippen LogP contribution in [0.15, 0.2) is 12.2 Å². The molecule has 1 aliphatic rings. The summed E-state index contributed by atoms with van der Waals surface area (Å²) in [4.78, 5) is 24.8. The largest absolute Gasteiger partial charge is 0.465 e. The number of hydrogen-bond acceptors (Lipinski definition) is 4. The van der Waals surface area contributed by atoms with Crippen LogP contribution in [0.4, 0.5) is 0 Å². The average Bonchev–Trinajstić information content (AvgIpc) is 2.45. The third-order valence-corrected chi connectivity index (χ3v) is 4.28. The molecule has 0 saturated carbocycles. The summed E-state index contributed by atoms with van der Waals surface area (Å²) in [5, 5.41) is 0. The molecule has 3 atom stereocenters. The highest BCUT2D eigenvalue weighted by Crippen LogP contribution is 2.32. The van der Waals surface area contributed by atoms with E-state index < -0.39 is 11.8 Å². The molecule has 1 aliphatic carbocycles. The Hall–Kier alpha value is -1.32. The van der Waals surface area contributed by atoms with Gasteiger partial charge in [-0.15, -0.1) is 0 Å². The lowest BCUT2D eigenvalue weighted by Crippen LogP contribution is -2.38. The second-order valence-corrected chi connectivity index (χ2v) is 7.36. The van der Waals surface area contributed by atoms with E-state index in [4.69, 9.17) is 9.47 Å². The molecule has 1 rings (SSSR count). The normalized spacial score (nSPS) is 24.0. The van der Waals surface area contributed by atoms with Gasteiger partial charge in [-0.25, -0.2) is 0 Å². The second kappa shape index (κ2) is 9.74. The van der Waals surface area contributed by atoms with E-state index in [1.54, 1.807) is 0 Å². The van der Waals surface area contributed by atoms with Gasteiger partial charge in [-0.2, -0.15) is 0 Å². The molecule has 132 valence electrons. The van der Waals surface area contributed by atoms with Gasteiger partial charge in [0.1, 0.15) is 0 Å². The molecule has 0 aliphatic heterocycles. The van der Waals surface area contributed by atoms with Crippen molar-refractivity contribution < 1.29 is 19.1 Å². The van der Waals surface area contributed by atoms with Crippen LogP contribution < -0.4 is 0 Å². The molecule has 0 aromatic heterocycles. The first-order chi connectivity index (χ1) is 10.8. The smallest absolute Gasteiger partial charge is 0.310 e. The van der Waals surface area contributed by atoms with Crippen molar-refractivity contribution in [1.82, 2.24) is 0 Å². The Morgan fingerprint density at radius 1 is 1.00 bits per heavy atom. The lowest BCUT2D eigenvalue weighted by molar-refractivity contribution is -0.163. The van der Waals surface area contributed by atoms with Crippen LogP contribution in [0.5, 0.6) is 0 Å². The zero-order chi connectivity index (χ0) is 17.4. The molecule has 0 amide bonds. The number of rotatable bonds is 8. The van der Waals surface area contributed by atoms with Crippen molar-refractivity contribution in [3.8, 4) is 0 Å². The molecule has 0 N–H and O–H groups in total. The van der Waals surface area contributed by atoms with Crippen molar-refractivity contribution in [2.45, 2.75) is 53.9 Å². The molecule has 4 heteroatoms. The molecule has 0 spiro atoms. The zero-order valence-corrected chi connectivity index (χ0v) is 15.2. The molecule has 0 aromatic carbocycles. The van der Waals surface area contributed by atoms with Crippen molar-refractivity contribution in [2.24, 2.45) is 29.6 Å². The molecule has 23 heavy (non-hydrogen) atoms. The molecule has 0 saturated heterocycles. The minimum absolute atomic E-state index is 0.00190. The summed E-state index contributed by atoms with van der Waals surface area (Å²) in [5.41, 5.74) is 0. The first-order valence-electron chi connectivity index (χ1n) is 8.82. The number of hydrogen-bond donors (Lipinski definition) is 0. The highest BCUT2D eigenvalue weighted by atomic mass is 16.5. The van der Waals surface area contributed by atoms with Gasteiger partial charge in [-0.05, 0) is 37.0 Å². The van der Waals surface area contributed by atoms with Crippen LogP contribution >= 0.6 is 0 Å². The maximum atomic E-state index is 12.4. The van der Waals surface area contributed by atoms with E-state index in [1.165, 1.54) is 0 Å². The molecule has 0 aromatic rings. The van der Waals surface area contributed by atoms with Crippen molar-refractivity contribution in [3.05, 3.63) is 12.2 Å². The molecular formula is C19H32O4. The molecule has 3 unspecified atom stereocenters. The van der Waals surface area contributed by atoms with Crippen LogP contribution in [0.1, 0.15) is 53.9 Å². The van der Waals surface area contributed by atoms with Gasteiger partial charge in [0.25, 0.3) is 0 Å². The Morgan fingerprint density at radius 3 is 2.04 bits per heavy atom. The fraction of sp³-hybridized carbons (Fsp3) is 0.789. The SMILES string of the molecule is CC(C)CCOC(=O)C1CC=CC(C)C1C(=O)OCCC(C)C. The van der Waals surface area contributed by atoms with E-state index in [0.29, 0.717) is 31.5 Å². The highest BCUT2D eigenvalue weighted by Gasteiger charge is 2.40. The van der Waals surface area contributed by atoms with E-state index >= 15 is 0 Å². The van der Waals surface area contributed by atoms with Crippen LogP contribution in [0.3, 0.4) is 0 Å². The lowest BCUT2D eigenvalue weighted by Gasteiger charge is -2.30. The van der Waals surface area contributed by atoms with Gasteiger partial charge in [0.05, 0.1) is 25.0 Å². The van der Waals surface area contributed by atoms with Crippen LogP contribution in [0.25, 0.3) is 0 Å². The molecular weight excluding hydrogens is 292 g/mol. The number of allylic oxidation sites excluding steroid dienone is 2. The van der Waals surface area contributed by atoms with E-state index in [1.807, 2.05) is 19.1 Å². The van der Waals surface area contributed by atoms with Gasteiger partial charge in [0, 0.05) is 0 Å². The molecule has 0 bridgehead atoms. The lowest BCUT2D eigenvalue weighted by atomic mass is 9.76. The Bertz CT molecular complexity index is 412. The monoisotopic (exact) mass is 324 g/mol. The average molecular weight is 324 g/mol. The van der Waals surface area contributed by atoms with Gasteiger partial charge in [-0.3, -0.25) is 9.59 Å². The number of carbonyl (C=O) groups is 2. The van der Waals surface area contributed by atoms with Crippen molar-refractivity contribution in [3.63, 3.8) is 0 Å². The maximum Gasteiger partial charge on any atom is 0.310 e. The summed E-state index contributed by atoms with van der Waals surface area (Å²) in [6.45, 7) is 11.2. The third kappa shape index (κ3) is 6.76. The standard InChI is InChI=1S/C19H32O4/c1-13(2)9-11-22-18(20)16-8-6-7-15(5)17(16)19(21)23-12-10-14(3)4/h6-7,13-17H,8-12H2,1-5H3. The van der Waals surface area contributed by atoms with Crippen molar-refractivity contribution >= 4 is 11.9 Å². The summed E-state index contributed by atoms with van der Waals surface area (Å²) < 4.78 is 10.8. The highest BCUT2D eigenvalue weighted by molar-refractivity contribution is 5.83. The molecule has 0 radical (unpaired) electrons. The minimum atomic E-state index is -0.432. The van der Waals surface area contributed by atoms with Gasteiger partial charge in [0.15, 0.2) is 0 Å². The zero-order valence-electron chi connectivity index (χ0n) is 15.2. The Labute approximate surface area is 140 Å². The Balaban J connectivity index is 2.62. The first kappa shape index (κ1) is 19.7. The number of esters is 2. The van der Waals surface area contributed by atoms with Gasteiger partial charge >= 0.3 is 11.9 Å². The number of ether oxygens (including phenoxy) is 2. The second-order valence-electron chi connectivity index (χ2n) is 7.36. The predicted molar refractivity (Wildman–Crippen MR) is 90.7 cm³/mol. The van der Waals surface area contributed by atoms with E-state index in [0.717, 1.165) is 12.8 Å². The van der Waals surface area contributed by atoms with Gasteiger partial charge in [-0.1, -0.05) is 46.8 Å². The van der Waals surface area contributed by atoms with E-state index in [2.05, 4.69) is 27.7 Å². The topological polar surface area (TPSA) is 52.6 Å². The molecule has 4 nitrogen and oxygen atoms in total. The summed E-state index contributed by atoms with van der Waals surface area (Å²) in [6, 6.07) is 0. The summed E-state index contributed by atoms with van der Waals surface area (Å²) in [6.07, 6.45) is 6.19. The van der Waals surface area contributed by atoms with Crippen LogP contribution in [0, 0.1) is 29.6 Å². The summed E-state index contributed by atoms with van der Waals surface area (Å²) in [5.74, 6) is -0.417. The van der Waals surface area contributed by atoms with E-state index in [-0.39, 0.29) is 17.9 Å². The van der Waals surface area contributed by atoms with E-state index in [9.17, 15) is 9.59 Å².